The molecule has 0 aromatic carbocycles. The van der Waals surface area contributed by atoms with Crippen LogP contribution in [0.3, 0.4) is 0 Å². The first-order valence-corrected chi connectivity index (χ1v) is 8.46. The second-order valence-corrected chi connectivity index (χ2v) is 6.65. The van der Waals surface area contributed by atoms with E-state index in [1.807, 2.05) is 18.2 Å². The molecule has 0 unspecified atom stereocenters. The SMILES string of the molecule is [2H]C([2H])([2H])Nc1ncc(-c2nc3ccccn3n2)c2cc(C3(C(N)=O)CC3)ncc12. The zero-order valence-electron chi connectivity index (χ0n) is 17.2. The number of carbonyl (C=O) groups is 1. The summed E-state index contributed by atoms with van der Waals surface area (Å²) in [4.78, 5) is 25.3. The molecule has 27 heavy (non-hydrogen) atoms. The van der Waals surface area contributed by atoms with E-state index in [1.165, 1.54) is 12.4 Å². The molecule has 3 N–H and O–H groups in total. The number of nitrogens with zero attached hydrogens (tertiary/aromatic N) is 5. The highest BCUT2D eigenvalue weighted by molar-refractivity contribution is 6.01. The minimum Gasteiger partial charge on any atom is -0.373 e. The van der Waals surface area contributed by atoms with E-state index in [-0.39, 0.29) is 5.82 Å². The number of primary amides is 1. The summed E-state index contributed by atoms with van der Waals surface area (Å²) >= 11 is 0. The van der Waals surface area contributed by atoms with E-state index >= 15 is 0 Å². The molecule has 8 nitrogen and oxygen atoms in total. The first-order chi connectivity index (χ1) is 14.3. The average Bonchev–Trinajstić information content (AvgIpc) is 3.40. The standard InChI is InChI=1S/C19H17N7O/c1-21-16-12-9-22-14(19(5-6-19)18(20)27)8-11(12)13(10-23-16)17-24-15-4-2-3-7-26(15)25-17/h2-4,7-10H,5-6H2,1H3,(H2,20,27)(H,21,23)/i1D3. The summed E-state index contributed by atoms with van der Waals surface area (Å²) in [6.45, 7) is -2.42. The lowest BCUT2D eigenvalue weighted by atomic mass is 9.97. The van der Waals surface area contributed by atoms with Crippen molar-refractivity contribution in [3.8, 4) is 11.4 Å². The Morgan fingerprint density at radius 1 is 1.30 bits per heavy atom. The molecule has 0 aliphatic heterocycles. The van der Waals surface area contributed by atoms with Crippen molar-refractivity contribution in [3.63, 3.8) is 0 Å². The van der Waals surface area contributed by atoms with Crippen molar-refractivity contribution < 1.29 is 8.91 Å². The number of nitrogens with one attached hydrogen (secondary N) is 1. The lowest BCUT2D eigenvalue weighted by Crippen LogP contribution is -2.29. The maximum atomic E-state index is 12.0. The Morgan fingerprint density at radius 2 is 2.19 bits per heavy atom. The summed E-state index contributed by atoms with van der Waals surface area (Å²) in [5, 5.41) is 8.07. The molecule has 0 atom stereocenters. The molecular weight excluding hydrogens is 342 g/mol. The number of pyridine rings is 3. The van der Waals surface area contributed by atoms with Crippen molar-refractivity contribution in [2.45, 2.75) is 18.3 Å². The first-order valence-electron chi connectivity index (χ1n) is 9.96. The lowest BCUT2D eigenvalue weighted by molar-refractivity contribution is -0.120. The van der Waals surface area contributed by atoms with E-state index in [0.717, 1.165) is 0 Å². The quantitative estimate of drug-likeness (QED) is 0.573. The summed E-state index contributed by atoms with van der Waals surface area (Å²) in [5.74, 6) is 0.178. The van der Waals surface area contributed by atoms with Crippen LogP contribution in [0.4, 0.5) is 5.82 Å². The third-order valence-corrected chi connectivity index (χ3v) is 5.08. The van der Waals surface area contributed by atoms with Gasteiger partial charge >= 0.3 is 0 Å². The number of carbonyl (C=O) groups excluding carboxylic acids is 1. The van der Waals surface area contributed by atoms with Crippen LogP contribution in [-0.4, -0.2) is 37.4 Å². The number of nitrogens with two attached hydrogens (primary N) is 1. The van der Waals surface area contributed by atoms with Crippen molar-refractivity contribution in [2.24, 2.45) is 5.73 Å². The van der Waals surface area contributed by atoms with Crippen molar-refractivity contribution >= 4 is 28.1 Å². The van der Waals surface area contributed by atoms with Gasteiger partial charge in [0.1, 0.15) is 5.82 Å². The van der Waals surface area contributed by atoms with Gasteiger partial charge in [0.05, 0.1) is 11.1 Å². The molecule has 1 aliphatic carbocycles. The van der Waals surface area contributed by atoms with E-state index in [4.69, 9.17) is 9.85 Å². The van der Waals surface area contributed by atoms with Crippen LogP contribution < -0.4 is 11.1 Å². The molecule has 134 valence electrons. The number of hydrogen-bond donors (Lipinski definition) is 2. The third kappa shape index (κ3) is 2.26. The highest BCUT2D eigenvalue weighted by Gasteiger charge is 2.51. The Morgan fingerprint density at radius 3 is 2.93 bits per heavy atom. The van der Waals surface area contributed by atoms with Gasteiger partial charge in [-0.2, -0.15) is 0 Å². The Bertz CT molecular complexity index is 1280. The van der Waals surface area contributed by atoms with Crippen LogP contribution in [0.1, 0.15) is 22.6 Å². The predicted octanol–water partition coefficient (Wildman–Crippen LogP) is 1.90. The second kappa shape index (κ2) is 5.47. The van der Waals surface area contributed by atoms with Crippen molar-refractivity contribution in [1.29, 1.82) is 0 Å². The van der Waals surface area contributed by atoms with Gasteiger partial charge in [0.15, 0.2) is 11.5 Å². The second-order valence-electron chi connectivity index (χ2n) is 6.65. The topological polar surface area (TPSA) is 111 Å². The molecule has 1 aliphatic rings. The fourth-order valence-electron chi connectivity index (χ4n) is 3.37. The lowest BCUT2D eigenvalue weighted by Gasteiger charge is -2.13. The molecule has 1 fully saturated rings. The average molecular weight is 362 g/mol. The number of rotatable bonds is 4. The van der Waals surface area contributed by atoms with E-state index in [2.05, 4.69) is 25.4 Å². The third-order valence-electron chi connectivity index (χ3n) is 5.08. The van der Waals surface area contributed by atoms with Gasteiger partial charge in [-0.25, -0.2) is 14.5 Å². The van der Waals surface area contributed by atoms with E-state index in [0.29, 0.717) is 46.3 Å². The van der Waals surface area contributed by atoms with Crippen LogP contribution >= 0.6 is 0 Å². The minimum atomic E-state index is -2.42. The molecule has 8 heteroatoms. The predicted molar refractivity (Wildman–Crippen MR) is 101 cm³/mol. The van der Waals surface area contributed by atoms with Gasteiger partial charge in [0.25, 0.3) is 0 Å². The van der Waals surface area contributed by atoms with Crippen molar-refractivity contribution in [2.75, 3.05) is 12.3 Å². The van der Waals surface area contributed by atoms with Gasteiger partial charge in [0, 0.05) is 46.0 Å². The van der Waals surface area contributed by atoms with E-state index in [1.54, 1.807) is 16.8 Å². The Labute approximate surface area is 158 Å². The Hall–Kier alpha value is -3.55. The van der Waals surface area contributed by atoms with Gasteiger partial charge in [-0.05, 0) is 31.0 Å². The number of amides is 1. The molecule has 0 saturated heterocycles. The van der Waals surface area contributed by atoms with Crippen LogP contribution in [0, 0.1) is 0 Å². The molecule has 0 spiro atoms. The molecule has 0 bridgehead atoms. The van der Waals surface area contributed by atoms with Crippen molar-refractivity contribution in [1.82, 2.24) is 24.6 Å². The Kier molecular flexibility index (Phi) is 2.58. The smallest absolute Gasteiger partial charge is 0.229 e. The van der Waals surface area contributed by atoms with Gasteiger partial charge in [-0.3, -0.25) is 9.78 Å². The molecule has 0 radical (unpaired) electrons. The van der Waals surface area contributed by atoms with Gasteiger partial charge < -0.3 is 11.1 Å². The number of aromatic nitrogens is 5. The van der Waals surface area contributed by atoms with Crippen LogP contribution in [0.5, 0.6) is 0 Å². The number of hydrogen-bond acceptors (Lipinski definition) is 6. The van der Waals surface area contributed by atoms with Gasteiger partial charge in [0.2, 0.25) is 5.91 Å². The fourth-order valence-corrected chi connectivity index (χ4v) is 3.37. The van der Waals surface area contributed by atoms with Crippen LogP contribution in [-0.2, 0) is 10.2 Å². The summed E-state index contributed by atoms with van der Waals surface area (Å²) < 4.78 is 24.2. The molecule has 5 rings (SSSR count). The van der Waals surface area contributed by atoms with Crippen molar-refractivity contribution in [3.05, 3.63) is 48.5 Å². The molecular formula is C19H17N7O. The molecule has 4 aromatic heterocycles. The summed E-state index contributed by atoms with van der Waals surface area (Å²) in [5.41, 5.74) is 6.66. The maximum Gasteiger partial charge on any atom is 0.229 e. The molecule has 4 heterocycles. The van der Waals surface area contributed by atoms with Crippen LogP contribution in [0.25, 0.3) is 27.8 Å². The molecule has 4 aromatic rings. The highest BCUT2D eigenvalue weighted by atomic mass is 16.1. The molecule has 1 amide bonds. The van der Waals surface area contributed by atoms with E-state index < -0.39 is 18.3 Å². The minimum absolute atomic E-state index is 0.167. The maximum absolute atomic E-state index is 12.0. The van der Waals surface area contributed by atoms with Crippen LogP contribution in [0.15, 0.2) is 42.9 Å². The van der Waals surface area contributed by atoms with Crippen LogP contribution in [0.2, 0.25) is 0 Å². The summed E-state index contributed by atoms with van der Waals surface area (Å²) in [7, 11) is 0. The first kappa shape index (κ1) is 12.7. The van der Waals surface area contributed by atoms with E-state index in [9.17, 15) is 4.79 Å². The zero-order valence-corrected chi connectivity index (χ0v) is 14.2. The zero-order chi connectivity index (χ0) is 21.1. The number of anilines is 1. The largest absolute Gasteiger partial charge is 0.373 e. The summed E-state index contributed by atoms with van der Waals surface area (Å²) in [6, 6.07) is 7.30. The Balaban J connectivity index is 1.75. The monoisotopic (exact) mass is 362 g/mol. The molecule has 1 saturated carbocycles. The normalized spacial score (nSPS) is 17.3. The van der Waals surface area contributed by atoms with Gasteiger partial charge in [-0.1, -0.05) is 6.07 Å². The highest BCUT2D eigenvalue weighted by Crippen LogP contribution is 2.48. The number of fused-ring (bicyclic) bond motifs is 2. The fraction of sp³-hybridized carbons (Fsp3) is 0.211. The summed E-state index contributed by atoms with van der Waals surface area (Å²) in [6.07, 6.45) is 6.10. The van der Waals surface area contributed by atoms with Gasteiger partial charge in [-0.15, -0.1) is 5.10 Å².